The first-order chi connectivity index (χ1) is 11.0. The van der Waals surface area contributed by atoms with Crippen LogP contribution in [0.15, 0.2) is 60.7 Å². The molecule has 2 aromatic rings. The molecule has 0 heterocycles. The smallest absolute Gasteiger partial charge is 0.411 e. The summed E-state index contributed by atoms with van der Waals surface area (Å²) < 4.78 is 5.18. The Labute approximate surface area is 135 Å². The summed E-state index contributed by atoms with van der Waals surface area (Å²) in [7, 11) is 0. The fourth-order valence-corrected chi connectivity index (χ4v) is 1.93. The van der Waals surface area contributed by atoms with E-state index in [-0.39, 0.29) is 12.5 Å². The summed E-state index contributed by atoms with van der Waals surface area (Å²) in [6, 6.07) is 17.9. The van der Waals surface area contributed by atoms with E-state index in [4.69, 9.17) is 4.74 Å². The molecule has 5 nitrogen and oxygen atoms in total. The highest BCUT2D eigenvalue weighted by Gasteiger charge is 2.23. The first-order valence-electron chi connectivity index (χ1n) is 7.33. The van der Waals surface area contributed by atoms with Crippen molar-refractivity contribution in [1.29, 1.82) is 0 Å². The monoisotopic (exact) mass is 312 g/mol. The maximum absolute atomic E-state index is 12.1. The predicted octanol–water partition coefficient (Wildman–Crippen LogP) is 3.44. The van der Waals surface area contributed by atoms with Gasteiger partial charge in [-0.25, -0.2) is 4.79 Å². The van der Waals surface area contributed by atoms with E-state index in [0.29, 0.717) is 11.3 Å². The molecule has 2 N–H and O–H groups in total. The van der Waals surface area contributed by atoms with Crippen LogP contribution in [-0.2, 0) is 4.74 Å². The minimum Gasteiger partial charge on any atom is -0.447 e. The molecule has 0 aliphatic carbocycles. The number of carbonyl (C=O) groups excluding carboxylic acids is 2. The van der Waals surface area contributed by atoms with Gasteiger partial charge < -0.3 is 10.1 Å². The zero-order valence-corrected chi connectivity index (χ0v) is 13.2. The number of hydrogen-bond donors (Lipinski definition) is 2. The topological polar surface area (TPSA) is 67.4 Å². The zero-order chi connectivity index (χ0) is 16.7. The molecule has 5 heteroatoms. The molecule has 0 unspecified atom stereocenters. The fourth-order valence-electron chi connectivity index (χ4n) is 1.93. The number of amides is 2. The quantitative estimate of drug-likeness (QED) is 0.888. The van der Waals surface area contributed by atoms with Gasteiger partial charge >= 0.3 is 6.09 Å². The van der Waals surface area contributed by atoms with E-state index in [2.05, 4.69) is 10.6 Å². The molecule has 0 aliphatic heterocycles. The van der Waals surface area contributed by atoms with Crippen molar-refractivity contribution in [2.45, 2.75) is 19.4 Å². The molecule has 0 atom stereocenters. The summed E-state index contributed by atoms with van der Waals surface area (Å²) in [6.45, 7) is 3.65. The molecule has 0 saturated heterocycles. The highest BCUT2D eigenvalue weighted by molar-refractivity contribution is 5.94. The third-order valence-electron chi connectivity index (χ3n) is 3.07. The average molecular weight is 312 g/mol. The zero-order valence-electron chi connectivity index (χ0n) is 13.2. The van der Waals surface area contributed by atoms with Crippen LogP contribution >= 0.6 is 0 Å². The van der Waals surface area contributed by atoms with E-state index < -0.39 is 11.6 Å². The summed E-state index contributed by atoms with van der Waals surface area (Å²) in [4.78, 5) is 23.9. The lowest BCUT2D eigenvalue weighted by Crippen LogP contribution is -2.47. The van der Waals surface area contributed by atoms with Gasteiger partial charge in [0.25, 0.3) is 5.91 Å². The van der Waals surface area contributed by atoms with Crippen LogP contribution in [0.1, 0.15) is 24.2 Å². The lowest BCUT2D eigenvalue weighted by molar-refractivity contribution is 0.0837. The SMILES string of the molecule is CC(C)(COC(=O)Nc1ccccc1)NC(=O)c1ccccc1. The van der Waals surface area contributed by atoms with Gasteiger partial charge in [0.05, 0.1) is 5.54 Å². The Morgan fingerprint density at radius 1 is 0.957 bits per heavy atom. The van der Waals surface area contributed by atoms with Crippen LogP contribution in [0.2, 0.25) is 0 Å². The van der Waals surface area contributed by atoms with E-state index in [9.17, 15) is 9.59 Å². The number of nitrogens with one attached hydrogen (secondary N) is 2. The van der Waals surface area contributed by atoms with Crippen molar-refractivity contribution in [3.05, 3.63) is 66.2 Å². The standard InChI is InChI=1S/C18H20N2O3/c1-18(2,20-16(21)14-9-5-3-6-10-14)13-23-17(22)19-15-11-7-4-8-12-15/h3-12H,13H2,1-2H3,(H,19,22)(H,20,21). The average Bonchev–Trinajstić information content (AvgIpc) is 2.54. The highest BCUT2D eigenvalue weighted by atomic mass is 16.5. The molecule has 0 bridgehead atoms. The molecule has 0 saturated carbocycles. The number of para-hydroxylation sites is 1. The van der Waals surface area contributed by atoms with Crippen LogP contribution in [-0.4, -0.2) is 24.1 Å². The van der Waals surface area contributed by atoms with Crippen LogP contribution in [0.3, 0.4) is 0 Å². The Kier molecular flexibility index (Phi) is 5.36. The molecule has 2 rings (SSSR count). The Morgan fingerprint density at radius 3 is 2.13 bits per heavy atom. The van der Waals surface area contributed by atoms with Crippen molar-refractivity contribution in [3.63, 3.8) is 0 Å². The summed E-state index contributed by atoms with van der Waals surface area (Å²) in [5.41, 5.74) is 0.541. The van der Waals surface area contributed by atoms with Gasteiger partial charge in [-0.05, 0) is 38.1 Å². The lowest BCUT2D eigenvalue weighted by atomic mass is 10.1. The van der Waals surface area contributed by atoms with Crippen LogP contribution in [0.4, 0.5) is 10.5 Å². The second-order valence-corrected chi connectivity index (χ2v) is 5.77. The lowest BCUT2D eigenvalue weighted by Gasteiger charge is -2.25. The largest absolute Gasteiger partial charge is 0.447 e. The van der Waals surface area contributed by atoms with E-state index >= 15 is 0 Å². The molecule has 23 heavy (non-hydrogen) atoms. The normalized spacial score (nSPS) is 10.7. The molecule has 0 spiro atoms. The molecule has 2 aromatic carbocycles. The second kappa shape index (κ2) is 7.45. The minimum absolute atomic E-state index is 0.0598. The third kappa shape index (κ3) is 5.47. The molecular weight excluding hydrogens is 292 g/mol. The Balaban J connectivity index is 1.84. The van der Waals surface area contributed by atoms with Crippen LogP contribution in [0, 0.1) is 0 Å². The molecule has 120 valence electrons. The summed E-state index contributed by atoms with van der Waals surface area (Å²) in [6.07, 6.45) is -0.557. The predicted molar refractivity (Wildman–Crippen MR) is 89.4 cm³/mol. The molecule has 0 aromatic heterocycles. The van der Waals surface area contributed by atoms with Gasteiger partial charge in [-0.1, -0.05) is 36.4 Å². The van der Waals surface area contributed by atoms with Gasteiger partial charge in [0.15, 0.2) is 0 Å². The number of carbonyl (C=O) groups is 2. The van der Waals surface area contributed by atoms with Gasteiger partial charge in [0, 0.05) is 11.3 Å². The van der Waals surface area contributed by atoms with Crippen molar-refractivity contribution in [1.82, 2.24) is 5.32 Å². The number of rotatable bonds is 5. The molecule has 0 radical (unpaired) electrons. The second-order valence-electron chi connectivity index (χ2n) is 5.77. The van der Waals surface area contributed by atoms with Crippen LogP contribution in [0.5, 0.6) is 0 Å². The molecule has 0 aliphatic rings. The number of anilines is 1. The molecular formula is C18H20N2O3. The van der Waals surface area contributed by atoms with E-state index in [1.54, 1.807) is 50.2 Å². The van der Waals surface area contributed by atoms with Crippen molar-refractivity contribution < 1.29 is 14.3 Å². The third-order valence-corrected chi connectivity index (χ3v) is 3.07. The van der Waals surface area contributed by atoms with Crippen molar-refractivity contribution in [2.75, 3.05) is 11.9 Å². The Hall–Kier alpha value is -2.82. The summed E-state index contributed by atoms with van der Waals surface area (Å²) in [5, 5.41) is 5.47. The van der Waals surface area contributed by atoms with Gasteiger partial charge in [-0.2, -0.15) is 0 Å². The first kappa shape index (κ1) is 16.5. The van der Waals surface area contributed by atoms with Crippen molar-refractivity contribution in [3.8, 4) is 0 Å². The van der Waals surface area contributed by atoms with Crippen molar-refractivity contribution in [2.24, 2.45) is 0 Å². The van der Waals surface area contributed by atoms with Gasteiger partial charge in [-0.15, -0.1) is 0 Å². The van der Waals surface area contributed by atoms with Crippen LogP contribution in [0.25, 0.3) is 0 Å². The minimum atomic E-state index is -0.680. The maximum atomic E-state index is 12.1. The highest BCUT2D eigenvalue weighted by Crippen LogP contribution is 2.09. The van der Waals surface area contributed by atoms with E-state index in [0.717, 1.165) is 0 Å². The molecule has 2 amide bonds. The van der Waals surface area contributed by atoms with Crippen molar-refractivity contribution >= 4 is 17.7 Å². The fraction of sp³-hybridized carbons (Fsp3) is 0.222. The summed E-state index contributed by atoms with van der Waals surface area (Å²) in [5.74, 6) is -0.206. The Bertz CT molecular complexity index is 654. The van der Waals surface area contributed by atoms with Gasteiger partial charge in [-0.3, -0.25) is 10.1 Å². The maximum Gasteiger partial charge on any atom is 0.411 e. The number of hydrogen-bond acceptors (Lipinski definition) is 3. The summed E-state index contributed by atoms with van der Waals surface area (Å²) >= 11 is 0. The van der Waals surface area contributed by atoms with E-state index in [1.807, 2.05) is 24.3 Å². The number of ether oxygens (including phenoxy) is 1. The van der Waals surface area contributed by atoms with E-state index in [1.165, 1.54) is 0 Å². The first-order valence-corrected chi connectivity index (χ1v) is 7.33. The molecule has 0 fully saturated rings. The van der Waals surface area contributed by atoms with Gasteiger partial charge in [0.1, 0.15) is 6.61 Å². The van der Waals surface area contributed by atoms with Gasteiger partial charge in [0.2, 0.25) is 0 Å². The van der Waals surface area contributed by atoms with Crippen LogP contribution < -0.4 is 10.6 Å². The number of benzene rings is 2. The Morgan fingerprint density at radius 2 is 1.52 bits per heavy atom.